The number of amides is 1. The summed E-state index contributed by atoms with van der Waals surface area (Å²) in [5.41, 5.74) is 1.42. The van der Waals surface area contributed by atoms with Crippen molar-refractivity contribution >= 4 is 17.2 Å². The maximum Gasteiger partial charge on any atom is 0.273 e. The summed E-state index contributed by atoms with van der Waals surface area (Å²) in [5.74, 6) is 0.527. The molecular formula is C16H20N2O3S. The Morgan fingerprint density at radius 2 is 2.41 bits per heavy atom. The molecule has 2 aromatic rings. The maximum atomic E-state index is 12.8. The average molecular weight is 320 g/mol. The fourth-order valence-corrected chi connectivity index (χ4v) is 3.48. The molecular weight excluding hydrogens is 300 g/mol. The van der Waals surface area contributed by atoms with Crippen molar-refractivity contribution < 1.29 is 13.9 Å². The summed E-state index contributed by atoms with van der Waals surface area (Å²) < 4.78 is 10.6. The molecule has 1 saturated heterocycles. The molecule has 2 aromatic heterocycles. The molecule has 3 heterocycles. The van der Waals surface area contributed by atoms with Crippen LogP contribution in [0, 0.1) is 5.92 Å². The topological polar surface area (TPSA) is 55.6 Å². The number of nitrogens with zero attached hydrogens (tertiary/aromatic N) is 2. The molecule has 0 spiro atoms. The van der Waals surface area contributed by atoms with Crippen LogP contribution in [0.15, 0.2) is 28.4 Å². The van der Waals surface area contributed by atoms with Crippen molar-refractivity contribution in [2.45, 2.75) is 26.3 Å². The first-order chi connectivity index (χ1) is 10.6. The molecule has 1 amide bonds. The van der Waals surface area contributed by atoms with Gasteiger partial charge in [0.15, 0.2) is 0 Å². The van der Waals surface area contributed by atoms with Gasteiger partial charge in [-0.1, -0.05) is 13.8 Å². The largest absolute Gasteiger partial charge is 0.472 e. The molecule has 5 nitrogen and oxygen atoms in total. The molecule has 0 aromatic carbocycles. The van der Waals surface area contributed by atoms with E-state index in [-0.39, 0.29) is 11.9 Å². The van der Waals surface area contributed by atoms with E-state index in [2.05, 4.69) is 18.8 Å². The highest BCUT2D eigenvalue weighted by Crippen LogP contribution is 2.26. The minimum atomic E-state index is -0.0000510. The van der Waals surface area contributed by atoms with E-state index in [1.165, 1.54) is 11.3 Å². The Morgan fingerprint density at radius 3 is 3.14 bits per heavy atom. The Bertz CT molecular complexity index is 621. The van der Waals surface area contributed by atoms with Crippen molar-refractivity contribution in [2.75, 3.05) is 19.8 Å². The van der Waals surface area contributed by atoms with E-state index in [0.717, 1.165) is 17.0 Å². The molecule has 0 radical (unpaired) electrons. The number of morpholine rings is 1. The van der Waals surface area contributed by atoms with E-state index in [1.54, 1.807) is 12.5 Å². The Morgan fingerprint density at radius 1 is 1.55 bits per heavy atom. The summed E-state index contributed by atoms with van der Waals surface area (Å²) in [7, 11) is 0. The lowest BCUT2D eigenvalue weighted by atomic mass is 10.0. The second-order valence-electron chi connectivity index (χ2n) is 5.91. The SMILES string of the molecule is CC(C)CC1COCCN1C(=O)c1csc(-c2ccoc2)n1. The molecule has 0 N–H and O–H groups in total. The Balaban J connectivity index is 1.77. The van der Waals surface area contributed by atoms with Gasteiger partial charge in [0.05, 0.1) is 25.5 Å². The van der Waals surface area contributed by atoms with Crippen LogP contribution in [-0.2, 0) is 4.74 Å². The van der Waals surface area contributed by atoms with E-state index in [4.69, 9.17) is 9.15 Å². The first-order valence-corrected chi connectivity index (χ1v) is 8.40. The average Bonchev–Trinajstić information content (AvgIpc) is 3.17. The van der Waals surface area contributed by atoms with Crippen LogP contribution in [0.2, 0.25) is 0 Å². The number of hydrogen-bond donors (Lipinski definition) is 0. The van der Waals surface area contributed by atoms with E-state index < -0.39 is 0 Å². The fraction of sp³-hybridized carbons (Fsp3) is 0.500. The summed E-state index contributed by atoms with van der Waals surface area (Å²) in [6.45, 7) is 6.17. The van der Waals surface area contributed by atoms with E-state index in [1.807, 2.05) is 16.3 Å². The second-order valence-corrected chi connectivity index (χ2v) is 6.76. The highest BCUT2D eigenvalue weighted by Gasteiger charge is 2.29. The van der Waals surface area contributed by atoms with Gasteiger partial charge >= 0.3 is 0 Å². The van der Waals surface area contributed by atoms with Crippen LogP contribution >= 0.6 is 11.3 Å². The molecule has 1 aliphatic heterocycles. The first-order valence-electron chi connectivity index (χ1n) is 7.52. The summed E-state index contributed by atoms with van der Waals surface area (Å²) in [5, 5.41) is 2.64. The number of thiazole rings is 1. The predicted molar refractivity (Wildman–Crippen MR) is 84.9 cm³/mol. The molecule has 1 unspecified atom stereocenters. The van der Waals surface area contributed by atoms with Gasteiger partial charge in [-0.25, -0.2) is 4.98 Å². The van der Waals surface area contributed by atoms with E-state index in [0.29, 0.717) is 31.4 Å². The van der Waals surface area contributed by atoms with Gasteiger partial charge in [0.2, 0.25) is 0 Å². The molecule has 3 rings (SSSR count). The lowest BCUT2D eigenvalue weighted by Gasteiger charge is -2.36. The van der Waals surface area contributed by atoms with Gasteiger partial charge in [-0.15, -0.1) is 11.3 Å². The van der Waals surface area contributed by atoms with Gasteiger partial charge in [-0.3, -0.25) is 4.79 Å². The number of hydrogen-bond acceptors (Lipinski definition) is 5. The molecule has 0 bridgehead atoms. The Hall–Kier alpha value is -1.66. The molecule has 1 aliphatic rings. The monoisotopic (exact) mass is 320 g/mol. The number of aromatic nitrogens is 1. The molecule has 0 saturated carbocycles. The molecule has 6 heteroatoms. The predicted octanol–water partition coefficient (Wildman–Crippen LogP) is 3.29. The van der Waals surface area contributed by atoms with Crippen LogP contribution in [0.25, 0.3) is 10.6 Å². The Labute approximate surface area is 133 Å². The van der Waals surface area contributed by atoms with Crippen LogP contribution in [0.3, 0.4) is 0 Å². The maximum absolute atomic E-state index is 12.8. The summed E-state index contributed by atoms with van der Waals surface area (Å²) in [4.78, 5) is 19.1. The minimum Gasteiger partial charge on any atom is -0.472 e. The van der Waals surface area contributed by atoms with Crippen LogP contribution in [0.1, 0.15) is 30.8 Å². The molecule has 22 heavy (non-hydrogen) atoms. The molecule has 1 fully saturated rings. The van der Waals surface area contributed by atoms with Crippen LogP contribution in [0.4, 0.5) is 0 Å². The Kier molecular flexibility index (Phi) is 4.59. The first kappa shape index (κ1) is 15.2. The number of carbonyl (C=O) groups is 1. The van der Waals surface area contributed by atoms with Gasteiger partial charge in [-0.05, 0) is 18.4 Å². The normalized spacial score (nSPS) is 18.9. The van der Waals surface area contributed by atoms with Crippen molar-refractivity contribution in [1.82, 2.24) is 9.88 Å². The number of carbonyl (C=O) groups excluding carboxylic acids is 1. The van der Waals surface area contributed by atoms with Crippen LogP contribution in [-0.4, -0.2) is 41.6 Å². The zero-order chi connectivity index (χ0) is 15.5. The van der Waals surface area contributed by atoms with Crippen LogP contribution in [0.5, 0.6) is 0 Å². The van der Waals surface area contributed by atoms with Crippen molar-refractivity contribution in [2.24, 2.45) is 5.92 Å². The van der Waals surface area contributed by atoms with Gasteiger partial charge in [0.1, 0.15) is 17.0 Å². The highest BCUT2D eigenvalue weighted by molar-refractivity contribution is 7.13. The van der Waals surface area contributed by atoms with Gasteiger partial charge in [-0.2, -0.15) is 0 Å². The lowest BCUT2D eigenvalue weighted by molar-refractivity contribution is -0.00771. The van der Waals surface area contributed by atoms with E-state index >= 15 is 0 Å². The third-order valence-electron chi connectivity index (χ3n) is 3.72. The summed E-state index contributed by atoms with van der Waals surface area (Å²) in [6, 6.07) is 1.99. The summed E-state index contributed by atoms with van der Waals surface area (Å²) >= 11 is 1.46. The van der Waals surface area contributed by atoms with Crippen LogP contribution < -0.4 is 0 Å². The zero-order valence-electron chi connectivity index (χ0n) is 12.8. The lowest BCUT2D eigenvalue weighted by Crippen LogP contribution is -2.49. The van der Waals surface area contributed by atoms with Crippen molar-refractivity contribution in [3.8, 4) is 10.6 Å². The number of ether oxygens (including phenoxy) is 1. The van der Waals surface area contributed by atoms with Gasteiger partial charge in [0.25, 0.3) is 5.91 Å². The molecule has 0 aliphatic carbocycles. The quantitative estimate of drug-likeness (QED) is 0.867. The molecule has 118 valence electrons. The number of rotatable bonds is 4. The van der Waals surface area contributed by atoms with Gasteiger partial charge < -0.3 is 14.1 Å². The molecule has 1 atom stereocenters. The third kappa shape index (κ3) is 3.23. The smallest absolute Gasteiger partial charge is 0.273 e. The summed E-state index contributed by atoms with van der Waals surface area (Å²) in [6.07, 6.45) is 4.20. The fourth-order valence-electron chi connectivity index (χ4n) is 2.70. The van der Waals surface area contributed by atoms with Crippen molar-refractivity contribution in [3.05, 3.63) is 29.7 Å². The minimum absolute atomic E-state index is 0.0000510. The number of furan rings is 1. The third-order valence-corrected chi connectivity index (χ3v) is 4.61. The van der Waals surface area contributed by atoms with Crippen molar-refractivity contribution in [3.63, 3.8) is 0 Å². The van der Waals surface area contributed by atoms with Crippen molar-refractivity contribution in [1.29, 1.82) is 0 Å². The highest BCUT2D eigenvalue weighted by atomic mass is 32.1. The zero-order valence-corrected chi connectivity index (χ0v) is 13.6. The second kappa shape index (κ2) is 6.62. The van der Waals surface area contributed by atoms with Gasteiger partial charge in [0, 0.05) is 17.5 Å². The van der Waals surface area contributed by atoms with E-state index in [9.17, 15) is 4.79 Å². The standard InChI is InChI=1S/C16H20N2O3S/c1-11(2)7-13-9-21-6-4-18(13)16(19)14-10-22-15(17-14)12-3-5-20-8-12/h3,5,8,10-11,13H,4,6-7,9H2,1-2H3.